The van der Waals surface area contributed by atoms with Gasteiger partial charge in [0.05, 0.1) is 11.5 Å². The molecule has 0 radical (unpaired) electrons. The second kappa shape index (κ2) is 7.48. The van der Waals surface area contributed by atoms with Gasteiger partial charge in [-0.05, 0) is 36.8 Å². The molecule has 0 fully saturated rings. The van der Waals surface area contributed by atoms with Crippen LogP contribution in [-0.4, -0.2) is 11.1 Å². The van der Waals surface area contributed by atoms with Crippen LogP contribution in [0.5, 0.6) is 0 Å². The molecule has 118 valence electrons. The smallest absolute Gasteiger partial charge is 0.416 e. The van der Waals surface area contributed by atoms with Gasteiger partial charge in [0.1, 0.15) is 0 Å². The molecule has 1 rings (SSSR count). The van der Waals surface area contributed by atoms with Gasteiger partial charge in [0.2, 0.25) is 0 Å². The third kappa shape index (κ3) is 5.78. The number of carbonyl (C=O) groups is 1. The van der Waals surface area contributed by atoms with Crippen molar-refractivity contribution in [2.45, 2.75) is 45.7 Å². The average molecular weight is 302 g/mol. The molecule has 0 amide bonds. The Labute approximate surface area is 123 Å². The second-order valence-corrected chi connectivity index (χ2v) is 5.63. The maximum Gasteiger partial charge on any atom is 0.416 e. The van der Waals surface area contributed by atoms with Crippen LogP contribution in [-0.2, 0) is 17.4 Å². The van der Waals surface area contributed by atoms with Crippen molar-refractivity contribution in [3.8, 4) is 0 Å². The fourth-order valence-electron chi connectivity index (χ4n) is 2.48. The van der Waals surface area contributed by atoms with Crippen LogP contribution in [0.15, 0.2) is 24.3 Å². The normalized spacial score (nSPS) is 14.7. The van der Waals surface area contributed by atoms with Crippen LogP contribution in [0.4, 0.5) is 13.2 Å². The highest BCUT2D eigenvalue weighted by atomic mass is 19.4. The Morgan fingerprint density at radius 1 is 1.24 bits per heavy atom. The molecule has 2 unspecified atom stereocenters. The van der Waals surface area contributed by atoms with E-state index in [2.05, 4.69) is 0 Å². The first-order chi connectivity index (χ1) is 9.71. The predicted octanol–water partition coefficient (Wildman–Crippen LogP) is 4.78. The molecule has 0 saturated heterocycles. The number of benzene rings is 1. The molecule has 5 heteroatoms. The van der Waals surface area contributed by atoms with Crippen LogP contribution < -0.4 is 0 Å². The summed E-state index contributed by atoms with van der Waals surface area (Å²) in [5.41, 5.74) is -0.264. The Morgan fingerprint density at radius 3 is 2.43 bits per heavy atom. The fraction of sp³-hybridized carbons (Fsp3) is 0.562. The zero-order valence-electron chi connectivity index (χ0n) is 12.3. The molecule has 2 atom stereocenters. The van der Waals surface area contributed by atoms with Gasteiger partial charge in [0.15, 0.2) is 0 Å². The van der Waals surface area contributed by atoms with Gasteiger partial charge in [-0.15, -0.1) is 0 Å². The highest BCUT2D eigenvalue weighted by Crippen LogP contribution is 2.32. The molecule has 21 heavy (non-hydrogen) atoms. The first kappa shape index (κ1) is 17.5. The van der Waals surface area contributed by atoms with Crippen molar-refractivity contribution in [2.75, 3.05) is 0 Å². The number of rotatable bonds is 7. The summed E-state index contributed by atoms with van der Waals surface area (Å²) in [5.74, 6) is -1.05. The molecule has 1 aromatic rings. The molecule has 0 spiro atoms. The van der Waals surface area contributed by atoms with Gasteiger partial charge in [-0.1, -0.05) is 38.5 Å². The predicted molar refractivity (Wildman–Crippen MR) is 75.0 cm³/mol. The maximum absolute atomic E-state index is 12.8. The molecule has 0 heterocycles. The summed E-state index contributed by atoms with van der Waals surface area (Å²) in [6, 6.07) is 5.61. The van der Waals surface area contributed by atoms with Gasteiger partial charge in [0.25, 0.3) is 0 Å². The Balaban J connectivity index is 2.52. The van der Waals surface area contributed by atoms with Gasteiger partial charge in [-0.25, -0.2) is 0 Å². The highest BCUT2D eigenvalue weighted by molar-refractivity contribution is 5.69. The van der Waals surface area contributed by atoms with Crippen LogP contribution in [0.25, 0.3) is 0 Å². The first-order valence-corrected chi connectivity index (χ1v) is 7.09. The fourth-order valence-corrected chi connectivity index (χ4v) is 2.48. The summed E-state index contributed by atoms with van der Waals surface area (Å²) >= 11 is 0. The molecule has 0 aliphatic carbocycles. The van der Waals surface area contributed by atoms with Gasteiger partial charge >= 0.3 is 12.1 Å². The zero-order chi connectivity index (χ0) is 16.0. The van der Waals surface area contributed by atoms with Crippen LogP contribution in [0.1, 0.15) is 44.2 Å². The maximum atomic E-state index is 12.8. The van der Waals surface area contributed by atoms with Crippen LogP contribution in [0.3, 0.4) is 0 Å². The lowest BCUT2D eigenvalue weighted by Gasteiger charge is -2.15. The molecule has 0 bridgehead atoms. The summed E-state index contributed by atoms with van der Waals surface area (Å²) in [6.07, 6.45) is -2.05. The van der Waals surface area contributed by atoms with E-state index in [0.717, 1.165) is 12.5 Å². The first-order valence-electron chi connectivity index (χ1n) is 7.09. The van der Waals surface area contributed by atoms with E-state index in [1.807, 2.05) is 6.92 Å². The summed E-state index contributed by atoms with van der Waals surface area (Å²) in [4.78, 5) is 10.8. The number of hydrogen-bond acceptors (Lipinski definition) is 1. The Kier molecular flexibility index (Phi) is 6.24. The van der Waals surface area contributed by atoms with E-state index >= 15 is 0 Å². The van der Waals surface area contributed by atoms with E-state index in [-0.39, 0.29) is 5.92 Å². The topological polar surface area (TPSA) is 37.3 Å². The van der Waals surface area contributed by atoms with Crippen molar-refractivity contribution < 1.29 is 23.1 Å². The lowest BCUT2D eigenvalue weighted by molar-refractivity contribution is -0.141. The van der Waals surface area contributed by atoms with E-state index in [1.54, 1.807) is 13.0 Å². The number of alkyl halides is 3. The van der Waals surface area contributed by atoms with Crippen molar-refractivity contribution in [2.24, 2.45) is 11.8 Å². The second-order valence-electron chi connectivity index (χ2n) is 5.63. The van der Waals surface area contributed by atoms with Gasteiger partial charge in [-0.2, -0.15) is 13.2 Å². The van der Waals surface area contributed by atoms with Crippen molar-refractivity contribution in [1.29, 1.82) is 0 Å². The van der Waals surface area contributed by atoms with E-state index in [1.165, 1.54) is 12.1 Å². The third-order valence-electron chi connectivity index (χ3n) is 3.64. The van der Waals surface area contributed by atoms with Crippen LogP contribution >= 0.6 is 0 Å². The summed E-state index contributed by atoms with van der Waals surface area (Å²) in [6.45, 7) is 3.59. The van der Waals surface area contributed by atoms with Gasteiger partial charge in [-0.3, -0.25) is 4.79 Å². The minimum Gasteiger partial charge on any atom is -0.481 e. The molecule has 0 saturated carbocycles. The van der Waals surface area contributed by atoms with Crippen molar-refractivity contribution in [3.63, 3.8) is 0 Å². The number of halogens is 3. The van der Waals surface area contributed by atoms with Crippen LogP contribution in [0, 0.1) is 11.8 Å². The molecule has 0 aliphatic rings. The molecule has 0 aliphatic heterocycles. The molecule has 0 aromatic heterocycles. The molecule has 1 N–H and O–H groups in total. The van der Waals surface area contributed by atoms with E-state index in [0.29, 0.717) is 24.8 Å². The number of aliphatic carboxylic acids is 1. The lowest BCUT2D eigenvalue weighted by Crippen LogP contribution is -2.13. The van der Waals surface area contributed by atoms with E-state index in [9.17, 15) is 18.0 Å². The minimum atomic E-state index is -4.32. The van der Waals surface area contributed by atoms with E-state index < -0.39 is 23.6 Å². The Morgan fingerprint density at radius 2 is 1.86 bits per heavy atom. The van der Waals surface area contributed by atoms with Crippen molar-refractivity contribution in [3.05, 3.63) is 35.4 Å². The number of carboxylic acid groups (broad SMARTS) is 1. The molecule has 2 nitrogen and oxygen atoms in total. The summed E-state index contributed by atoms with van der Waals surface area (Å²) < 4.78 is 38.5. The van der Waals surface area contributed by atoms with Crippen molar-refractivity contribution in [1.82, 2.24) is 0 Å². The molecular weight excluding hydrogens is 281 g/mol. The third-order valence-corrected chi connectivity index (χ3v) is 3.64. The van der Waals surface area contributed by atoms with Gasteiger partial charge in [0, 0.05) is 0 Å². The van der Waals surface area contributed by atoms with Gasteiger partial charge < -0.3 is 5.11 Å². The number of carboxylic acids is 1. The Hall–Kier alpha value is -1.52. The average Bonchev–Trinajstić information content (AvgIpc) is 2.37. The lowest BCUT2D eigenvalue weighted by atomic mass is 9.91. The van der Waals surface area contributed by atoms with E-state index in [4.69, 9.17) is 5.11 Å². The highest BCUT2D eigenvalue weighted by Gasteiger charge is 2.32. The molecular formula is C16H21F3O2. The SMILES string of the molecule is CC(CCCc1ccccc1C(F)(F)F)CC(C)C(=O)O. The standard InChI is InChI=1S/C16H21F3O2/c1-11(10-12(2)15(20)21)6-5-8-13-7-3-4-9-14(13)16(17,18)19/h3-4,7,9,11-12H,5-6,8,10H2,1-2H3,(H,20,21). The zero-order valence-corrected chi connectivity index (χ0v) is 12.3. The minimum absolute atomic E-state index is 0.189. The number of aryl methyl sites for hydroxylation is 1. The Bertz CT molecular complexity index is 469. The quantitative estimate of drug-likeness (QED) is 0.787. The van der Waals surface area contributed by atoms with Crippen LogP contribution in [0.2, 0.25) is 0 Å². The largest absolute Gasteiger partial charge is 0.481 e. The number of hydrogen-bond donors (Lipinski definition) is 1. The van der Waals surface area contributed by atoms with Crippen molar-refractivity contribution >= 4 is 5.97 Å². The summed E-state index contributed by atoms with van der Waals surface area (Å²) in [7, 11) is 0. The summed E-state index contributed by atoms with van der Waals surface area (Å²) in [5, 5.41) is 8.84. The monoisotopic (exact) mass is 302 g/mol. The molecule has 1 aromatic carbocycles.